The largest absolute Gasteiger partial charge is 0.381 e. The molecule has 0 aliphatic carbocycles. The number of oxime groups is 1. The molecule has 0 aliphatic heterocycles. The summed E-state index contributed by atoms with van der Waals surface area (Å²) in [6, 6.07) is 13.3. The summed E-state index contributed by atoms with van der Waals surface area (Å²) < 4.78 is 0. The monoisotopic (exact) mass is 359 g/mol. The van der Waals surface area contributed by atoms with Crippen molar-refractivity contribution in [3.63, 3.8) is 0 Å². The molecule has 3 N–H and O–H groups in total. The average molecular weight is 360 g/mol. The summed E-state index contributed by atoms with van der Waals surface area (Å²) >= 11 is 5.81. The van der Waals surface area contributed by atoms with E-state index in [0.29, 0.717) is 21.8 Å². The predicted octanol–water partition coefficient (Wildman–Crippen LogP) is 3.21. The number of amides is 1. The summed E-state index contributed by atoms with van der Waals surface area (Å²) in [5.41, 5.74) is 7.57. The molecule has 6 nitrogen and oxygen atoms in total. The van der Waals surface area contributed by atoms with Crippen molar-refractivity contribution >= 4 is 34.8 Å². The molecule has 0 saturated heterocycles. The molecule has 0 aliphatic rings. The molecule has 25 heavy (non-hydrogen) atoms. The van der Waals surface area contributed by atoms with Crippen LogP contribution in [-0.4, -0.2) is 23.6 Å². The van der Waals surface area contributed by atoms with E-state index in [1.165, 1.54) is 6.92 Å². The first-order chi connectivity index (χ1) is 11.9. The molecular weight excluding hydrogens is 342 g/mol. The molecule has 1 amide bonds. The molecule has 2 aromatic rings. The number of ketones is 1. The van der Waals surface area contributed by atoms with E-state index in [0.717, 1.165) is 0 Å². The predicted molar refractivity (Wildman–Crippen MR) is 97.8 cm³/mol. The summed E-state index contributed by atoms with van der Waals surface area (Å²) in [6.07, 6.45) is -0.849. The highest BCUT2D eigenvalue weighted by atomic mass is 35.5. The number of anilines is 1. The van der Waals surface area contributed by atoms with Crippen molar-refractivity contribution in [1.82, 2.24) is 0 Å². The number of nitrogens with one attached hydrogen (secondary N) is 1. The Kier molecular flexibility index (Phi) is 6.14. The number of carbonyl (C=O) groups is 2. The maximum absolute atomic E-state index is 12.1. The molecular formula is C18H18ClN3O3. The lowest BCUT2D eigenvalue weighted by Crippen LogP contribution is -2.27. The first kappa shape index (κ1) is 18.5. The SMILES string of the molecule is CC(=O)c1ccc(NC(=O)C(C)O/N=C(\N)c2ccc(Cl)cc2)cc1. The summed E-state index contributed by atoms with van der Waals surface area (Å²) in [7, 11) is 0. The van der Waals surface area contributed by atoms with E-state index in [4.69, 9.17) is 22.2 Å². The van der Waals surface area contributed by atoms with E-state index >= 15 is 0 Å². The van der Waals surface area contributed by atoms with E-state index in [-0.39, 0.29) is 17.5 Å². The van der Waals surface area contributed by atoms with Crippen molar-refractivity contribution in [3.8, 4) is 0 Å². The number of rotatable bonds is 6. The average Bonchev–Trinajstić information content (AvgIpc) is 2.60. The maximum atomic E-state index is 12.1. The smallest absolute Gasteiger partial charge is 0.267 e. The van der Waals surface area contributed by atoms with Crippen molar-refractivity contribution in [2.45, 2.75) is 20.0 Å². The number of benzene rings is 2. The Labute approximate surface area is 150 Å². The van der Waals surface area contributed by atoms with Crippen LogP contribution in [0.5, 0.6) is 0 Å². The summed E-state index contributed by atoms with van der Waals surface area (Å²) in [4.78, 5) is 28.5. The van der Waals surface area contributed by atoms with Gasteiger partial charge in [-0.1, -0.05) is 16.8 Å². The van der Waals surface area contributed by atoms with E-state index in [9.17, 15) is 9.59 Å². The molecule has 0 heterocycles. The molecule has 0 saturated carbocycles. The molecule has 7 heteroatoms. The Morgan fingerprint density at radius 2 is 1.64 bits per heavy atom. The molecule has 130 valence electrons. The van der Waals surface area contributed by atoms with E-state index < -0.39 is 6.10 Å². The molecule has 0 bridgehead atoms. The van der Waals surface area contributed by atoms with Gasteiger partial charge in [-0.15, -0.1) is 0 Å². The topological polar surface area (TPSA) is 93.8 Å². The van der Waals surface area contributed by atoms with E-state index in [2.05, 4.69) is 10.5 Å². The van der Waals surface area contributed by atoms with Gasteiger partial charge < -0.3 is 15.9 Å². The third kappa shape index (κ3) is 5.32. The lowest BCUT2D eigenvalue weighted by atomic mass is 10.1. The van der Waals surface area contributed by atoms with Crippen LogP contribution in [0.15, 0.2) is 53.7 Å². The second kappa shape index (κ2) is 8.30. The van der Waals surface area contributed by atoms with Crippen molar-refractivity contribution < 1.29 is 14.4 Å². The van der Waals surface area contributed by atoms with Crippen LogP contribution in [-0.2, 0) is 9.63 Å². The maximum Gasteiger partial charge on any atom is 0.267 e. The van der Waals surface area contributed by atoms with E-state index in [1.807, 2.05) is 0 Å². The highest BCUT2D eigenvalue weighted by molar-refractivity contribution is 6.30. The fraction of sp³-hybridized carbons (Fsp3) is 0.167. The van der Waals surface area contributed by atoms with Crippen LogP contribution in [0.25, 0.3) is 0 Å². The molecule has 2 aromatic carbocycles. The standard InChI is InChI=1S/C18H18ClN3O3/c1-11(23)13-5-9-16(10-6-13)21-18(24)12(2)25-22-17(20)14-3-7-15(19)8-4-14/h3-10,12H,1-2H3,(H2,20,22)(H,21,24). The van der Waals surface area contributed by atoms with Crippen LogP contribution in [0.4, 0.5) is 5.69 Å². The zero-order valence-electron chi connectivity index (χ0n) is 13.8. The molecule has 0 spiro atoms. The van der Waals surface area contributed by atoms with Crippen molar-refractivity contribution in [1.29, 1.82) is 0 Å². The normalized spacial score (nSPS) is 12.4. The van der Waals surface area contributed by atoms with Crippen molar-refractivity contribution in [3.05, 3.63) is 64.7 Å². The van der Waals surface area contributed by atoms with Crippen LogP contribution in [0, 0.1) is 0 Å². The molecule has 0 fully saturated rings. The second-order valence-corrected chi connectivity index (χ2v) is 5.79. The van der Waals surface area contributed by atoms with Crippen LogP contribution in [0.1, 0.15) is 29.8 Å². The fourth-order valence-electron chi connectivity index (χ4n) is 1.89. The minimum absolute atomic E-state index is 0.0402. The van der Waals surface area contributed by atoms with Gasteiger partial charge in [-0.2, -0.15) is 0 Å². The Morgan fingerprint density at radius 1 is 1.08 bits per heavy atom. The summed E-state index contributed by atoms with van der Waals surface area (Å²) in [6.45, 7) is 3.03. The van der Waals surface area contributed by atoms with Crippen LogP contribution >= 0.6 is 11.6 Å². The van der Waals surface area contributed by atoms with E-state index in [1.54, 1.807) is 55.5 Å². The Bertz CT molecular complexity index is 786. The number of nitrogens with two attached hydrogens (primary N) is 1. The number of carbonyl (C=O) groups excluding carboxylic acids is 2. The molecule has 0 radical (unpaired) electrons. The van der Waals surface area contributed by atoms with Gasteiger partial charge in [0, 0.05) is 21.8 Å². The minimum atomic E-state index is -0.849. The Hall–Kier alpha value is -2.86. The van der Waals surface area contributed by atoms with Crippen LogP contribution in [0.2, 0.25) is 5.02 Å². The molecule has 0 aromatic heterocycles. The van der Waals surface area contributed by atoms with Gasteiger partial charge in [0.15, 0.2) is 11.6 Å². The Morgan fingerprint density at radius 3 is 2.20 bits per heavy atom. The lowest BCUT2D eigenvalue weighted by molar-refractivity contribution is -0.126. The van der Waals surface area contributed by atoms with Gasteiger partial charge in [-0.25, -0.2) is 0 Å². The number of hydrogen-bond donors (Lipinski definition) is 2. The second-order valence-electron chi connectivity index (χ2n) is 5.35. The van der Waals surface area contributed by atoms with Crippen molar-refractivity contribution in [2.75, 3.05) is 5.32 Å². The van der Waals surface area contributed by atoms with Crippen LogP contribution < -0.4 is 11.1 Å². The highest BCUT2D eigenvalue weighted by Gasteiger charge is 2.15. The zero-order valence-corrected chi connectivity index (χ0v) is 14.6. The first-order valence-corrected chi connectivity index (χ1v) is 7.91. The lowest BCUT2D eigenvalue weighted by Gasteiger charge is -2.11. The molecule has 1 unspecified atom stereocenters. The molecule has 2 rings (SSSR count). The number of hydrogen-bond acceptors (Lipinski definition) is 4. The van der Waals surface area contributed by atoms with Gasteiger partial charge in [0.25, 0.3) is 5.91 Å². The van der Waals surface area contributed by atoms with Gasteiger partial charge in [-0.3, -0.25) is 9.59 Å². The quantitative estimate of drug-likeness (QED) is 0.358. The van der Waals surface area contributed by atoms with Gasteiger partial charge in [0.05, 0.1) is 0 Å². The summed E-state index contributed by atoms with van der Waals surface area (Å²) in [5.74, 6) is -0.285. The third-order valence-corrected chi connectivity index (χ3v) is 3.63. The van der Waals surface area contributed by atoms with Gasteiger partial charge >= 0.3 is 0 Å². The van der Waals surface area contributed by atoms with Gasteiger partial charge in [-0.05, 0) is 62.4 Å². The third-order valence-electron chi connectivity index (χ3n) is 3.38. The van der Waals surface area contributed by atoms with Crippen molar-refractivity contribution in [2.24, 2.45) is 10.9 Å². The number of Topliss-reactive ketones (excluding diaryl/α,β-unsaturated/α-hetero) is 1. The van der Waals surface area contributed by atoms with Gasteiger partial charge in [0.1, 0.15) is 0 Å². The highest BCUT2D eigenvalue weighted by Crippen LogP contribution is 2.12. The first-order valence-electron chi connectivity index (χ1n) is 7.54. The number of nitrogens with zero attached hydrogens (tertiary/aromatic N) is 1. The van der Waals surface area contributed by atoms with Crippen LogP contribution in [0.3, 0.4) is 0 Å². The zero-order chi connectivity index (χ0) is 18.4. The van der Waals surface area contributed by atoms with Gasteiger partial charge in [0.2, 0.25) is 6.10 Å². The molecule has 1 atom stereocenters. The minimum Gasteiger partial charge on any atom is -0.381 e. The summed E-state index contributed by atoms with van der Waals surface area (Å²) in [5, 5.41) is 7.03. The number of amidine groups is 1. The Balaban J connectivity index is 1.94. The fourth-order valence-corrected chi connectivity index (χ4v) is 2.02. The number of halogens is 1.